The van der Waals surface area contributed by atoms with Crippen LogP contribution in [0.3, 0.4) is 0 Å². The summed E-state index contributed by atoms with van der Waals surface area (Å²) >= 11 is 5.86. The molecule has 0 heterocycles. The highest BCUT2D eigenvalue weighted by atomic mass is 35.5. The summed E-state index contributed by atoms with van der Waals surface area (Å²) in [5, 5.41) is 12.7. The van der Waals surface area contributed by atoms with E-state index < -0.39 is 0 Å². The summed E-state index contributed by atoms with van der Waals surface area (Å²) in [6, 6.07) is 9.95. The molecular formula is C16H13ClFNO2. The molecule has 0 saturated carbocycles. The third-order valence-corrected chi connectivity index (χ3v) is 3.80. The number of hydrogen-bond donors (Lipinski definition) is 1. The standard InChI is InChI=1S/C16H13ClFNO2/c17-11-4-6-14(18)10(8-11)9-21-16-3-1-2-12-13(16)5-7-15(12)19-20/h1-4,6,8,20H,5,7,9H2/b19-15-. The first-order valence-corrected chi connectivity index (χ1v) is 6.97. The van der Waals surface area contributed by atoms with Crippen LogP contribution < -0.4 is 4.74 Å². The average molecular weight is 306 g/mol. The number of hydrogen-bond acceptors (Lipinski definition) is 3. The summed E-state index contributed by atoms with van der Waals surface area (Å²) in [6.45, 7) is 0.106. The van der Waals surface area contributed by atoms with Gasteiger partial charge in [0.05, 0.1) is 5.71 Å². The fraction of sp³-hybridized carbons (Fsp3) is 0.188. The van der Waals surface area contributed by atoms with E-state index >= 15 is 0 Å². The van der Waals surface area contributed by atoms with Crippen LogP contribution in [0.1, 0.15) is 23.1 Å². The maximum absolute atomic E-state index is 13.7. The van der Waals surface area contributed by atoms with Gasteiger partial charge in [0.15, 0.2) is 0 Å². The Morgan fingerprint density at radius 1 is 1.24 bits per heavy atom. The van der Waals surface area contributed by atoms with Gasteiger partial charge in [-0.1, -0.05) is 28.9 Å². The minimum Gasteiger partial charge on any atom is -0.488 e. The molecule has 0 spiro atoms. The molecule has 1 aliphatic rings. The second-order valence-corrected chi connectivity index (χ2v) is 5.29. The Morgan fingerprint density at radius 3 is 2.90 bits per heavy atom. The second-order valence-electron chi connectivity index (χ2n) is 4.85. The SMILES string of the molecule is O/N=C1/CCc2c(OCc3cc(Cl)ccc3F)cccc21. The molecule has 21 heavy (non-hydrogen) atoms. The summed E-state index contributed by atoms with van der Waals surface area (Å²) in [5.41, 5.74) is 2.95. The molecule has 1 N–H and O–H groups in total. The molecule has 0 fully saturated rings. The minimum atomic E-state index is -0.343. The van der Waals surface area contributed by atoms with Gasteiger partial charge in [-0.2, -0.15) is 0 Å². The van der Waals surface area contributed by atoms with Crippen LogP contribution in [0.15, 0.2) is 41.6 Å². The van der Waals surface area contributed by atoms with Gasteiger partial charge in [0, 0.05) is 21.7 Å². The van der Waals surface area contributed by atoms with Crippen molar-refractivity contribution in [2.75, 3.05) is 0 Å². The maximum atomic E-state index is 13.7. The Hall–Kier alpha value is -2.07. The predicted octanol–water partition coefficient (Wildman–Crippen LogP) is 4.18. The molecule has 0 aromatic heterocycles. The van der Waals surface area contributed by atoms with Gasteiger partial charge in [0.2, 0.25) is 0 Å². The summed E-state index contributed by atoms with van der Waals surface area (Å²) in [5.74, 6) is 0.343. The monoisotopic (exact) mass is 305 g/mol. The lowest BCUT2D eigenvalue weighted by Crippen LogP contribution is -2.01. The smallest absolute Gasteiger partial charge is 0.129 e. The molecule has 1 aliphatic carbocycles. The normalized spacial score (nSPS) is 15.2. The second kappa shape index (κ2) is 5.74. The van der Waals surface area contributed by atoms with Crippen molar-refractivity contribution in [2.45, 2.75) is 19.4 Å². The van der Waals surface area contributed by atoms with Crippen LogP contribution in [0.4, 0.5) is 4.39 Å². The van der Waals surface area contributed by atoms with Crippen molar-refractivity contribution in [1.82, 2.24) is 0 Å². The van der Waals surface area contributed by atoms with Crippen molar-refractivity contribution in [3.05, 3.63) is 63.9 Å². The van der Waals surface area contributed by atoms with E-state index in [0.717, 1.165) is 17.5 Å². The third-order valence-electron chi connectivity index (χ3n) is 3.57. The maximum Gasteiger partial charge on any atom is 0.129 e. The molecule has 2 aromatic rings. The average Bonchev–Trinajstić information content (AvgIpc) is 2.92. The van der Waals surface area contributed by atoms with Gasteiger partial charge < -0.3 is 9.94 Å². The Kier molecular flexibility index (Phi) is 3.80. The van der Waals surface area contributed by atoms with Crippen LogP contribution in [-0.2, 0) is 13.0 Å². The molecule has 2 aromatic carbocycles. The van der Waals surface area contributed by atoms with E-state index in [1.54, 1.807) is 6.07 Å². The first kappa shape index (κ1) is 13.9. The van der Waals surface area contributed by atoms with Gasteiger partial charge in [0.1, 0.15) is 18.2 Å². The number of ether oxygens (including phenoxy) is 1. The summed E-state index contributed by atoms with van der Waals surface area (Å²) < 4.78 is 19.4. The van der Waals surface area contributed by atoms with Gasteiger partial charge in [-0.3, -0.25) is 0 Å². The van der Waals surface area contributed by atoms with E-state index in [-0.39, 0.29) is 12.4 Å². The first-order chi connectivity index (χ1) is 10.2. The molecule has 0 unspecified atom stereocenters. The van der Waals surface area contributed by atoms with Gasteiger partial charge in [-0.05, 0) is 37.1 Å². The Labute approximate surface area is 126 Å². The zero-order valence-corrected chi connectivity index (χ0v) is 11.9. The Bertz CT molecular complexity index is 715. The number of benzene rings is 2. The minimum absolute atomic E-state index is 0.106. The number of halogens is 2. The highest BCUT2D eigenvalue weighted by Crippen LogP contribution is 2.31. The lowest BCUT2D eigenvalue weighted by atomic mass is 10.1. The fourth-order valence-corrected chi connectivity index (χ4v) is 2.72. The van der Waals surface area contributed by atoms with Crippen LogP contribution in [0.25, 0.3) is 0 Å². The molecule has 0 saturated heterocycles. The zero-order chi connectivity index (χ0) is 14.8. The molecular weight excluding hydrogens is 293 g/mol. The molecule has 5 heteroatoms. The summed E-state index contributed by atoms with van der Waals surface area (Å²) in [4.78, 5) is 0. The van der Waals surface area contributed by atoms with E-state index in [1.807, 2.05) is 18.2 Å². The molecule has 0 radical (unpaired) electrons. The fourth-order valence-electron chi connectivity index (χ4n) is 2.52. The lowest BCUT2D eigenvalue weighted by molar-refractivity contribution is 0.297. The van der Waals surface area contributed by atoms with Crippen LogP contribution in [0.2, 0.25) is 5.02 Å². The molecule has 108 valence electrons. The zero-order valence-electron chi connectivity index (χ0n) is 11.1. The van der Waals surface area contributed by atoms with Crippen molar-refractivity contribution in [1.29, 1.82) is 0 Å². The van der Waals surface area contributed by atoms with Gasteiger partial charge in [-0.15, -0.1) is 0 Å². The van der Waals surface area contributed by atoms with Gasteiger partial charge in [-0.25, -0.2) is 4.39 Å². The molecule has 3 rings (SSSR count). The van der Waals surface area contributed by atoms with Gasteiger partial charge >= 0.3 is 0 Å². The van der Waals surface area contributed by atoms with Crippen molar-refractivity contribution in [3.63, 3.8) is 0 Å². The Morgan fingerprint density at radius 2 is 2.10 bits per heavy atom. The van der Waals surface area contributed by atoms with Crippen molar-refractivity contribution < 1.29 is 14.3 Å². The van der Waals surface area contributed by atoms with Crippen molar-refractivity contribution >= 4 is 17.3 Å². The molecule has 0 aliphatic heterocycles. The summed E-state index contributed by atoms with van der Waals surface area (Å²) in [7, 11) is 0. The van der Waals surface area contributed by atoms with Crippen LogP contribution >= 0.6 is 11.6 Å². The van der Waals surface area contributed by atoms with E-state index in [0.29, 0.717) is 28.5 Å². The molecule has 0 atom stereocenters. The lowest BCUT2D eigenvalue weighted by Gasteiger charge is -2.11. The van der Waals surface area contributed by atoms with E-state index in [9.17, 15) is 4.39 Å². The van der Waals surface area contributed by atoms with Crippen molar-refractivity contribution in [2.24, 2.45) is 5.16 Å². The number of oxime groups is 1. The number of fused-ring (bicyclic) bond motifs is 1. The highest BCUT2D eigenvalue weighted by molar-refractivity contribution is 6.30. The molecule has 0 amide bonds. The quantitative estimate of drug-likeness (QED) is 0.682. The van der Waals surface area contributed by atoms with Crippen LogP contribution in [-0.4, -0.2) is 10.9 Å². The third kappa shape index (κ3) is 2.72. The topological polar surface area (TPSA) is 41.8 Å². The predicted molar refractivity (Wildman–Crippen MR) is 78.8 cm³/mol. The van der Waals surface area contributed by atoms with Gasteiger partial charge in [0.25, 0.3) is 0 Å². The van der Waals surface area contributed by atoms with E-state index in [2.05, 4.69) is 5.16 Å². The molecule has 3 nitrogen and oxygen atoms in total. The Balaban J connectivity index is 1.84. The largest absolute Gasteiger partial charge is 0.488 e. The number of nitrogens with zero attached hydrogens (tertiary/aromatic N) is 1. The molecule has 0 bridgehead atoms. The highest BCUT2D eigenvalue weighted by Gasteiger charge is 2.21. The van der Waals surface area contributed by atoms with Crippen molar-refractivity contribution in [3.8, 4) is 5.75 Å². The van der Waals surface area contributed by atoms with Crippen LogP contribution in [0.5, 0.6) is 5.75 Å². The number of rotatable bonds is 3. The van der Waals surface area contributed by atoms with E-state index in [4.69, 9.17) is 21.5 Å². The summed E-state index contributed by atoms with van der Waals surface area (Å²) in [6.07, 6.45) is 1.43. The van der Waals surface area contributed by atoms with E-state index in [1.165, 1.54) is 12.1 Å². The first-order valence-electron chi connectivity index (χ1n) is 6.59. The van der Waals surface area contributed by atoms with Crippen LogP contribution in [0, 0.1) is 5.82 Å².